The van der Waals surface area contributed by atoms with E-state index in [9.17, 15) is 4.79 Å². The van der Waals surface area contributed by atoms with Crippen molar-refractivity contribution in [2.45, 2.75) is 31.7 Å². The van der Waals surface area contributed by atoms with Crippen molar-refractivity contribution in [3.8, 4) is 0 Å². The molecule has 0 aliphatic carbocycles. The molecule has 2 unspecified atom stereocenters. The lowest BCUT2D eigenvalue weighted by Crippen LogP contribution is -2.45. The van der Waals surface area contributed by atoms with E-state index in [0.29, 0.717) is 11.8 Å². The van der Waals surface area contributed by atoms with Crippen LogP contribution in [0.15, 0.2) is 59.1 Å². The summed E-state index contributed by atoms with van der Waals surface area (Å²) >= 11 is 3.68. The molecule has 2 aromatic rings. The van der Waals surface area contributed by atoms with Gasteiger partial charge in [-0.3, -0.25) is 4.79 Å². The van der Waals surface area contributed by atoms with E-state index < -0.39 is 0 Å². The molecule has 2 fully saturated rings. The number of hydrogen-bond acceptors (Lipinski definition) is 2. The molecular weight excluding hydrogens is 400 g/mol. The Hall–Kier alpha value is -1.65. The van der Waals surface area contributed by atoms with Crippen molar-refractivity contribution in [3.05, 3.63) is 70.2 Å². The van der Waals surface area contributed by atoms with Crippen LogP contribution in [0.2, 0.25) is 0 Å². The van der Waals surface area contributed by atoms with Crippen LogP contribution in [0.1, 0.15) is 42.9 Å². The van der Waals surface area contributed by atoms with Gasteiger partial charge < -0.3 is 10.2 Å². The summed E-state index contributed by atoms with van der Waals surface area (Å²) in [7, 11) is 0. The van der Waals surface area contributed by atoms with Gasteiger partial charge in [0, 0.05) is 30.0 Å². The van der Waals surface area contributed by atoms with Gasteiger partial charge in [0.1, 0.15) is 0 Å². The molecule has 2 saturated heterocycles. The fourth-order valence-corrected chi connectivity index (χ4v) is 5.23. The number of piperidine rings is 1. The molecule has 27 heavy (non-hydrogen) atoms. The quantitative estimate of drug-likeness (QED) is 0.767. The van der Waals surface area contributed by atoms with Gasteiger partial charge in [-0.25, -0.2) is 0 Å². The van der Waals surface area contributed by atoms with Crippen molar-refractivity contribution in [2.24, 2.45) is 11.8 Å². The van der Waals surface area contributed by atoms with Crippen LogP contribution in [0.25, 0.3) is 0 Å². The monoisotopic (exact) mass is 426 g/mol. The lowest BCUT2D eigenvalue weighted by molar-refractivity contribution is -0.140. The Morgan fingerprint density at radius 3 is 2.59 bits per heavy atom. The summed E-state index contributed by atoms with van der Waals surface area (Å²) in [5.74, 6) is 1.19. The number of halogens is 1. The summed E-state index contributed by atoms with van der Waals surface area (Å²) in [4.78, 5) is 15.8. The molecule has 2 aliphatic heterocycles. The lowest BCUT2D eigenvalue weighted by Gasteiger charge is -2.41. The number of carbonyl (C=O) groups excluding carboxylic acids is 1. The Balaban J connectivity index is 1.61. The Bertz CT molecular complexity index is 794. The number of likely N-dealkylation sites (tertiary alicyclic amines) is 1. The maximum Gasteiger partial charge on any atom is 0.228 e. The highest BCUT2D eigenvalue weighted by molar-refractivity contribution is 9.10. The number of rotatable bonds is 3. The summed E-state index contributed by atoms with van der Waals surface area (Å²) in [6.07, 6.45) is 2.14. The number of nitrogens with one attached hydrogen (secondary N) is 1. The van der Waals surface area contributed by atoms with Crippen LogP contribution in [0.3, 0.4) is 0 Å². The summed E-state index contributed by atoms with van der Waals surface area (Å²) in [5, 5.41) is 3.46. The highest BCUT2D eigenvalue weighted by Gasteiger charge is 2.40. The fourth-order valence-electron chi connectivity index (χ4n) is 4.65. The summed E-state index contributed by atoms with van der Waals surface area (Å²) < 4.78 is 1.10. The van der Waals surface area contributed by atoms with Crippen molar-refractivity contribution >= 4 is 21.8 Å². The van der Waals surface area contributed by atoms with Gasteiger partial charge in [0.25, 0.3) is 0 Å². The summed E-state index contributed by atoms with van der Waals surface area (Å²) in [6.45, 7) is 4.79. The molecule has 0 radical (unpaired) electrons. The zero-order valence-corrected chi connectivity index (χ0v) is 17.4. The second-order valence-corrected chi connectivity index (χ2v) is 8.83. The van der Waals surface area contributed by atoms with E-state index in [1.165, 1.54) is 11.1 Å². The van der Waals surface area contributed by atoms with Crippen LogP contribution in [-0.2, 0) is 4.79 Å². The first-order chi connectivity index (χ1) is 13.1. The van der Waals surface area contributed by atoms with Gasteiger partial charge in [0.2, 0.25) is 5.91 Å². The molecule has 2 aliphatic rings. The van der Waals surface area contributed by atoms with Gasteiger partial charge >= 0.3 is 0 Å². The molecule has 0 bridgehead atoms. The number of benzene rings is 2. The van der Waals surface area contributed by atoms with E-state index in [-0.39, 0.29) is 17.9 Å². The van der Waals surface area contributed by atoms with E-state index in [1.54, 1.807) is 0 Å². The van der Waals surface area contributed by atoms with E-state index in [4.69, 9.17) is 0 Å². The predicted molar refractivity (Wildman–Crippen MR) is 113 cm³/mol. The first kappa shape index (κ1) is 18.7. The summed E-state index contributed by atoms with van der Waals surface area (Å²) in [5.41, 5.74) is 2.50. The topological polar surface area (TPSA) is 32.3 Å². The maximum atomic E-state index is 13.7. The standard InChI is InChI=1S/C23H27BrN2O/c1-16-11-12-26(22(13-16)17-7-3-2-4-8-17)23(27)20-15-25-14-19(20)18-9-5-6-10-21(18)24/h2-10,16,19-20,22,25H,11-15H2,1H3/t16?,19-,20+,22?/m0/s1. The van der Waals surface area contributed by atoms with Crippen LogP contribution in [0, 0.1) is 11.8 Å². The third-order valence-corrected chi connectivity index (χ3v) is 6.89. The van der Waals surface area contributed by atoms with Gasteiger partial charge in [0.05, 0.1) is 12.0 Å². The zero-order valence-electron chi connectivity index (χ0n) is 15.8. The van der Waals surface area contributed by atoms with E-state index >= 15 is 0 Å². The van der Waals surface area contributed by atoms with E-state index in [0.717, 1.165) is 36.9 Å². The first-order valence-electron chi connectivity index (χ1n) is 9.95. The van der Waals surface area contributed by atoms with Crippen LogP contribution in [0.5, 0.6) is 0 Å². The van der Waals surface area contributed by atoms with Gasteiger partial charge in [-0.2, -0.15) is 0 Å². The Morgan fingerprint density at radius 2 is 1.81 bits per heavy atom. The third-order valence-electron chi connectivity index (χ3n) is 6.17. The minimum Gasteiger partial charge on any atom is -0.335 e. The zero-order chi connectivity index (χ0) is 18.8. The molecule has 4 atom stereocenters. The molecule has 2 heterocycles. The van der Waals surface area contributed by atoms with Crippen LogP contribution >= 0.6 is 15.9 Å². The number of nitrogens with zero attached hydrogens (tertiary/aromatic N) is 1. The molecule has 2 aromatic carbocycles. The van der Waals surface area contributed by atoms with Crippen LogP contribution in [-0.4, -0.2) is 30.4 Å². The number of amides is 1. The fraction of sp³-hybridized carbons (Fsp3) is 0.435. The minimum absolute atomic E-state index is 0.00307. The highest BCUT2D eigenvalue weighted by Crippen LogP contribution is 2.39. The largest absolute Gasteiger partial charge is 0.335 e. The minimum atomic E-state index is 0.00307. The second-order valence-electron chi connectivity index (χ2n) is 7.98. The maximum absolute atomic E-state index is 13.7. The van der Waals surface area contributed by atoms with Crippen molar-refractivity contribution in [2.75, 3.05) is 19.6 Å². The molecule has 4 rings (SSSR count). The van der Waals surface area contributed by atoms with Gasteiger partial charge in [-0.05, 0) is 36.0 Å². The summed E-state index contributed by atoms with van der Waals surface area (Å²) in [6, 6.07) is 19.1. The molecule has 1 N–H and O–H groups in total. The number of hydrogen-bond donors (Lipinski definition) is 1. The first-order valence-corrected chi connectivity index (χ1v) is 10.7. The smallest absolute Gasteiger partial charge is 0.228 e. The van der Waals surface area contributed by atoms with Gasteiger partial charge in [0.15, 0.2) is 0 Å². The molecule has 142 valence electrons. The lowest BCUT2D eigenvalue weighted by atomic mass is 9.84. The van der Waals surface area contributed by atoms with Gasteiger partial charge in [-0.1, -0.05) is 71.4 Å². The normalized spacial score (nSPS) is 28.3. The van der Waals surface area contributed by atoms with Crippen molar-refractivity contribution < 1.29 is 4.79 Å². The Morgan fingerprint density at radius 1 is 1.07 bits per heavy atom. The molecule has 0 spiro atoms. The Labute approximate surface area is 170 Å². The second kappa shape index (κ2) is 8.15. The highest BCUT2D eigenvalue weighted by atomic mass is 79.9. The molecule has 0 saturated carbocycles. The molecule has 3 nitrogen and oxygen atoms in total. The van der Waals surface area contributed by atoms with Crippen molar-refractivity contribution in [1.82, 2.24) is 10.2 Å². The third kappa shape index (κ3) is 3.83. The molecule has 0 aromatic heterocycles. The van der Waals surface area contributed by atoms with Crippen LogP contribution < -0.4 is 5.32 Å². The Kier molecular flexibility index (Phi) is 5.65. The SMILES string of the molecule is CC1CCN(C(=O)[C@@H]2CNC[C@H]2c2ccccc2Br)C(c2ccccc2)C1. The molecule has 1 amide bonds. The van der Waals surface area contributed by atoms with Crippen molar-refractivity contribution in [3.63, 3.8) is 0 Å². The van der Waals surface area contributed by atoms with Crippen LogP contribution in [0.4, 0.5) is 0 Å². The average molecular weight is 427 g/mol. The van der Waals surface area contributed by atoms with E-state index in [1.807, 2.05) is 12.1 Å². The molecule has 4 heteroatoms. The predicted octanol–water partition coefficient (Wildman–Crippen LogP) is 4.75. The average Bonchev–Trinajstić information content (AvgIpc) is 3.18. The van der Waals surface area contributed by atoms with Gasteiger partial charge in [-0.15, -0.1) is 0 Å². The molecular formula is C23H27BrN2O. The van der Waals surface area contributed by atoms with E-state index in [2.05, 4.69) is 75.5 Å². The number of carbonyl (C=O) groups is 1. The van der Waals surface area contributed by atoms with Crippen molar-refractivity contribution in [1.29, 1.82) is 0 Å².